The molecule has 2 heterocycles. The third-order valence-electron chi connectivity index (χ3n) is 8.74. The first-order valence-electron chi connectivity index (χ1n) is 15.6. The fourth-order valence-corrected chi connectivity index (χ4v) is 7.35. The second-order valence-corrected chi connectivity index (χ2v) is 20.4. The van der Waals surface area contributed by atoms with Gasteiger partial charge in [0.05, 0.1) is 16.6 Å². The van der Waals surface area contributed by atoms with E-state index in [1.165, 1.54) is 12.1 Å². The minimum absolute atomic E-state index is 0.0437. The summed E-state index contributed by atoms with van der Waals surface area (Å²) in [5, 5.41) is 0.0782. The highest BCUT2D eigenvalue weighted by Crippen LogP contribution is 2.36. The number of nitrogens with zero attached hydrogens (tertiary/aromatic N) is 3. The molecule has 0 spiro atoms. The number of hydrogen-bond acceptors (Lipinski definition) is 7. The number of rotatable bonds is 8. The summed E-state index contributed by atoms with van der Waals surface area (Å²) in [5.74, 6) is 0.157. The maximum absolute atomic E-state index is 14.2. The first kappa shape index (κ1) is 34.6. The van der Waals surface area contributed by atoms with Crippen molar-refractivity contribution in [2.45, 2.75) is 90.4 Å². The summed E-state index contributed by atoms with van der Waals surface area (Å²) in [6.07, 6.45) is 1.33. The lowest BCUT2D eigenvalue weighted by molar-refractivity contribution is 0.0560. The molecule has 0 saturated carbocycles. The van der Waals surface area contributed by atoms with Crippen LogP contribution in [0.25, 0.3) is 11.3 Å². The molecule has 0 radical (unpaired) electrons. The van der Waals surface area contributed by atoms with Crippen molar-refractivity contribution in [1.82, 2.24) is 14.9 Å². The lowest BCUT2D eigenvalue weighted by atomic mass is 10.00. The highest BCUT2D eigenvalue weighted by molar-refractivity contribution is 7.92. The van der Waals surface area contributed by atoms with Crippen molar-refractivity contribution in [3.05, 3.63) is 65.2 Å². The number of sulfonamides is 1. The Kier molecular flexibility index (Phi) is 10.5. The first-order valence-corrected chi connectivity index (χ1v) is 20.0. The van der Waals surface area contributed by atoms with Crippen LogP contribution in [0.4, 0.5) is 5.95 Å². The highest BCUT2D eigenvalue weighted by atomic mass is 32.2. The molecule has 1 N–H and O–H groups in total. The average Bonchev–Trinajstić information content (AvgIpc) is 2.94. The monoisotopic (exact) mass is 652 g/mol. The van der Waals surface area contributed by atoms with E-state index in [0.717, 1.165) is 16.7 Å². The summed E-state index contributed by atoms with van der Waals surface area (Å²) < 4.78 is 42.4. The summed E-state index contributed by atoms with van der Waals surface area (Å²) in [7, 11) is -6.08. The van der Waals surface area contributed by atoms with E-state index in [9.17, 15) is 13.2 Å². The molecule has 45 heavy (non-hydrogen) atoms. The van der Waals surface area contributed by atoms with Gasteiger partial charge in [0.15, 0.2) is 8.32 Å². The number of amides is 1. The summed E-state index contributed by atoms with van der Waals surface area (Å²) in [4.78, 5) is 25.0. The van der Waals surface area contributed by atoms with E-state index < -0.39 is 18.3 Å². The van der Waals surface area contributed by atoms with Crippen molar-refractivity contribution in [2.75, 3.05) is 24.5 Å². The molecule has 1 aromatic heterocycles. The zero-order valence-electron chi connectivity index (χ0n) is 28.1. The summed E-state index contributed by atoms with van der Waals surface area (Å²) in [5.41, 5.74) is 3.71. The van der Waals surface area contributed by atoms with Gasteiger partial charge in [-0.1, -0.05) is 58.9 Å². The Balaban J connectivity index is 1.77. The molecule has 1 aliphatic rings. The van der Waals surface area contributed by atoms with Crippen LogP contribution in [-0.2, 0) is 14.4 Å². The van der Waals surface area contributed by atoms with Gasteiger partial charge in [0.2, 0.25) is 11.8 Å². The van der Waals surface area contributed by atoms with Gasteiger partial charge in [-0.05, 0) is 80.1 Å². The number of carbonyl (C=O) groups excluding carboxylic acids is 1. The van der Waals surface area contributed by atoms with Gasteiger partial charge in [-0.3, -0.25) is 4.79 Å². The molecule has 1 atom stereocenters. The van der Waals surface area contributed by atoms with Crippen molar-refractivity contribution in [1.29, 1.82) is 0 Å². The van der Waals surface area contributed by atoms with E-state index in [2.05, 4.69) is 62.4 Å². The fourth-order valence-electron chi connectivity index (χ4n) is 5.27. The molecular formula is C34H48N4O5SSi. The predicted molar refractivity (Wildman–Crippen MR) is 182 cm³/mol. The van der Waals surface area contributed by atoms with Crippen LogP contribution in [0.2, 0.25) is 18.1 Å². The molecule has 9 nitrogen and oxygen atoms in total. The van der Waals surface area contributed by atoms with Crippen LogP contribution < -0.4 is 9.46 Å². The first-order chi connectivity index (χ1) is 21.0. The highest BCUT2D eigenvalue weighted by Gasteiger charge is 2.37. The fraction of sp³-hybridized carbons (Fsp3) is 0.500. The van der Waals surface area contributed by atoms with Crippen LogP contribution in [0.1, 0.15) is 68.9 Å². The van der Waals surface area contributed by atoms with E-state index in [0.29, 0.717) is 37.3 Å². The smallest absolute Gasteiger partial charge is 0.264 e. The van der Waals surface area contributed by atoms with Crippen LogP contribution in [0.5, 0.6) is 5.88 Å². The Morgan fingerprint density at radius 2 is 1.73 bits per heavy atom. The molecular weight excluding hydrogens is 605 g/mol. The summed E-state index contributed by atoms with van der Waals surface area (Å²) >= 11 is 0. The quantitative estimate of drug-likeness (QED) is 0.202. The Morgan fingerprint density at radius 3 is 2.38 bits per heavy atom. The lowest BCUT2D eigenvalue weighted by Gasteiger charge is -2.37. The van der Waals surface area contributed by atoms with Crippen LogP contribution in [0, 0.1) is 19.8 Å². The molecule has 0 unspecified atom stereocenters. The molecule has 1 amide bonds. The van der Waals surface area contributed by atoms with Crippen molar-refractivity contribution in [3.8, 4) is 17.1 Å². The molecule has 0 saturated heterocycles. The second-order valence-electron chi connectivity index (χ2n) is 13.9. The Morgan fingerprint density at radius 1 is 1.07 bits per heavy atom. The van der Waals surface area contributed by atoms with Crippen LogP contribution >= 0.6 is 0 Å². The number of aryl methyl sites for hydroxylation is 2. The maximum Gasteiger partial charge on any atom is 0.264 e. The zero-order valence-corrected chi connectivity index (χ0v) is 29.9. The second kappa shape index (κ2) is 13.6. The topological polar surface area (TPSA) is 111 Å². The van der Waals surface area contributed by atoms with E-state index >= 15 is 0 Å². The molecule has 2 aromatic carbocycles. The molecule has 3 aromatic rings. The van der Waals surface area contributed by atoms with E-state index in [1.807, 2.05) is 36.9 Å². The van der Waals surface area contributed by atoms with Gasteiger partial charge in [0.25, 0.3) is 15.9 Å². The number of anilines is 1. The van der Waals surface area contributed by atoms with E-state index in [4.69, 9.17) is 9.16 Å². The Labute approximate surface area is 270 Å². The Hall–Kier alpha value is -3.28. The van der Waals surface area contributed by atoms with E-state index in [1.54, 1.807) is 18.2 Å². The summed E-state index contributed by atoms with van der Waals surface area (Å²) in [6, 6.07) is 13.5. The van der Waals surface area contributed by atoms with Crippen molar-refractivity contribution >= 4 is 30.2 Å². The van der Waals surface area contributed by atoms with Crippen molar-refractivity contribution in [3.63, 3.8) is 0 Å². The number of hydrogen-bond donors (Lipinski definition) is 1. The molecule has 4 rings (SSSR count). The van der Waals surface area contributed by atoms with Crippen LogP contribution in [-0.4, -0.2) is 63.3 Å². The van der Waals surface area contributed by atoms with Crippen molar-refractivity contribution in [2.24, 2.45) is 5.92 Å². The zero-order chi connectivity index (χ0) is 33.2. The van der Waals surface area contributed by atoms with Gasteiger partial charge < -0.3 is 14.1 Å². The molecule has 244 valence electrons. The van der Waals surface area contributed by atoms with Crippen LogP contribution in [0.3, 0.4) is 0 Å². The van der Waals surface area contributed by atoms with Gasteiger partial charge in [0.1, 0.15) is 6.61 Å². The van der Waals surface area contributed by atoms with Gasteiger partial charge in [0, 0.05) is 30.3 Å². The molecule has 4 bridgehead atoms. The normalized spacial score (nSPS) is 17.2. The third-order valence-corrected chi connectivity index (χ3v) is 14.6. The lowest BCUT2D eigenvalue weighted by Crippen LogP contribution is -2.46. The minimum Gasteiger partial charge on any atom is -0.475 e. The number of ether oxygens (including phenoxy) is 1. The number of carbonyl (C=O) groups is 1. The number of nitrogens with one attached hydrogen (secondary N) is 1. The third kappa shape index (κ3) is 8.31. The number of fused-ring (bicyclic) bond motifs is 4. The predicted octanol–water partition coefficient (Wildman–Crippen LogP) is 7.22. The van der Waals surface area contributed by atoms with Gasteiger partial charge in [-0.25, -0.2) is 18.1 Å². The summed E-state index contributed by atoms with van der Waals surface area (Å²) in [6.45, 7) is 20.4. The number of benzene rings is 2. The molecule has 0 aliphatic carbocycles. The number of aromatic nitrogens is 2. The van der Waals surface area contributed by atoms with Crippen molar-refractivity contribution < 1.29 is 22.4 Å². The SMILES string of the molecule is Cc1cccc(C)c1-c1cc2nc(n1)NS(=O)(=O)c1cccc(c1)C(=O)N(CCCO[Si](C)(C)C(C)(C)C)[C@H](CC(C)C)CO2. The van der Waals surface area contributed by atoms with Crippen LogP contribution in [0.15, 0.2) is 53.4 Å². The Bertz CT molecular complexity index is 1620. The molecule has 0 fully saturated rings. The molecule has 11 heteroatoms. The van der Waals surface area contributed by atoms with Gasteiger partial charge >= 0.3 is 0 Å². The largest absolute Gasteiger partial charge is 0.475 e. The average molecular weight is 653 g/mol. The van der Waals surface area contributed by atoms with Gasteiger partial charge in [-0.2, -0.15) is 4.98 Å². The molecule has 1 aliphatic heterocycles. The minimum atomic E-state index is -4.12. The van der Waals surface area contributed by atoms with Gasteiger partial charge in [-0.15, -0.1) is 0 Å². The van der Waals surface area contributed by atoms with E-state index in [-0.39, 0.29) is 46.2 Å². The maximum atomic E-state index is 14.2. The standard InChI is InChI=1S/C34H48N4O5SSi/c1-23(2)19-27-22-42-30-21-29(31-24(3)13-10-14-25(31)4)35-33(36-30)37-44(40,41)28-16-11-15-26(20-28)32(39)38(27)17-12-18-43-45(8,9)34(5,6)7/h10-11,13-16,20-21,23,27H,12,17-19,22H2,1-9H3,(H,35,36,37)/t27-/m1/s1.